The second kappa shape index (κ2) is 8.95. The number of aliphatic hydroxyl groups is 3. The smallest absolute Gasteiger partial charge is 0.359 e. The Bertz CT molecular complexity index is 1170. The van der Waals surface area contributed by atoms with Gasteiger partial charge in [0.25, 0.3) is 5.56 Å². The Morgan fingerprint density at radius 2 is 1.85 bits per heavy atom. The molecule has 2 aromatic heterocycles. The number of imidazole rings is 1. The topological polar surface area (TPSA) is 226 Å². The van der Waals surface area contributed by atoms with Crippen LogP contribution in [0.5, 0.6) is 0 Å². The standard InChI is InChI=1S/C18H30N5O9P/c1-5-18(28,6-2)33(29,30)32-8(4)7(3)12-10(24)11(25)15(31-12)23-13-9(20-17(23)27)14(26)22-16(19)21-13/h7-8,10-12,15,24-25,28H,5-6H2,1-4H3,(H,20,27)(H,29,30)(H3,19,21,22,26)/t7?,8?,10-,11+,12?,15+/m0/s1. The number of aromatic amines is 2. The number of nitrogens with one attached hydrogen (secondary N) is 2. The lowest BCUT2D eigenvalue weighted by atomic mass is 9.94. The summed E-state index contributed by atoms with van der Waals surface area (Å²) in [4.78, 5) is 43.4. The molecule has 0 aromatic carbocycles. The van der Waals surface area contributed by atoms with Crippen LogP contribution in [-0.4, -0.2) is 69.5 Å². The molecule has 7 atom stereocenters. The molecule has 4 unspecified atom stereocenters. The van der Waals surface area contributed by atoms with Crippen molar-refractivity contribution in [3.63, 3.8) is 0 Å². The molecule has 0 spiro atoms. The second-order valence-corrected chi connectivity index (χ2v) is 10.4. The Labute approximate surface area is 187 Å². The summed E-state index contributed by atoms with van der Waals surface area (Å²) in [6, 6.07) is 0. The first-order valence-electron chi connectivity index (χ1n) is 10.5. The molecule has 0 bridgehead atoms. The zero-order valence-electron chi connectivity index (χ0n) is 18.6. The lowest BCUT2D eigenvalue weighted by molar-refractivity contribution is -0.0740. The van der Waals surface area contributed by atoms with Gasteiger partial charge in [0.15, 0.2) is 22.7 Å². The van der Waals surface area contributed by atoms with Crippen molar-refractivity contribution in [3.05, 3.63) is 20.8 Å². The molecule has 3 heterocycles. The van der Waals surface area contributed by atoms with Gasteiger partial charge in [-0.2, -0.15) is 4.98 Å². The van der Waals surface area contributed by atoms with Gasteiger partial charge in [-0.25, -0.2) is 9.36 Å². The van der Waals surface area contributed by atoms with E-state index < -0.39 is 60.7 Å². The van der Waals surface area contributed by atoms with Gasteiger partial charge in [-0.1, -0.05) is 20.8 Å². The highest BCUT2D eigenvalue weighted by Crippen LogP contribution is 2.58. The van der Waals surface area contributed by atoms with Crippen molar-refractivity contribution in [3.8, 4) is 0 Å². The molecule has 186 valence electrons. The summed E-state index contributed by atoms with van der Waals surface area (Å²) in [5.74, 6) is -1.03. The Hall–Kier alpha value is -2.06. The van der Waals surface area contributed by atoms with Gasteiger partial charge in [0.1, 0.15) is 12.2 Å². The van der Waals surface area contributed by atoms with Crippen LogP contribution in [0.4, 0.5) is 5.95 Å². The highest BCUT2D eigenvalue weighted by Gasteiger charge is 2.51. The number of ether oxygens (including phenoxy) is 1. The van der Waals surface area contributed by atoms with E-state index in [1.807, 2.05) is 0 Å². The van der Waals surface area contributed by atoms with Crippen molar-refractivity contribution in [2.75, 3.05) is 5.73 Å². The largest absolute Gasteiger partial charge is 0.388 e. The first-order valence-corrected chi connectivity index (χ1v) is 12.1. The van der Waals surface area contributed by atoms with Crippen LogP contribution >= 0.6 is 7.60 Å². The van der Waals surface area contributed by atoms with E-state index in [0.29, 0.717) is 0 Å². The average molecular weight is 491 g/mol. The van der Waals surface area contributed by atoms with Crippen LogP contribution in [0.2, 0.25) is 0 Å². The van der Waals surface area contributed by atoms with Crippen molar-refractivity contribution >= 4 is 24.7 Å². The summed E-state index contributed by atoms with van der Waals surface area (Å²) >= 11 is 0. The number of rotatable bonds is 8. The molecule has 1 aliphatic rings. The van der Waals surface area contributed by atoms with E-state index in [4.69, 9.17) is 15.0 Å². The second-order valence-electron chi connectivity index (χ2n) is 8.30. The molecule has 1 saturated heterocycles. The molecular weight excluding hydrogens is 461 g/mol. The number of anilines is 1. The van der Waals surface area contributed by atoms with Crippen LogP contribution < -0.4 is 17.0 Å². The molecule has 0 aliphatic carbocycles. The zero-order valence-corrected chi connectivity index (χ0v) is 19.5. The zero-order chi connectivity index (χ0) is 24.9. The number of aromatic nitrogens is 4. The minimum atomic E-state index is -4.48. The van der Waals surface area contributed by atoms with E-state index in [2.05, 4.69) is 15.0 Å². The molecule has 1 aliphatic heterocycles. The maximum atomic E-state index is 12.7. The molecule has 2 aromatic rings. The summed E-state index contributed by atoms with van der Waals surface area (Å²) in [6.07, 6.45) is -6.70. The molecule has 1 fully saturated rings. The third-order valence-electron chi connectivity index (χ3n) is 6.35. The van der Waals surface area contributed by atoms with Gasteiger partial charge in [0.05, 0.1) is 12.2 Å². The Kier molecular flexibility index (Phi) is 6.93. The van der Waals surface area contributed by atoms with Gasteiger partial charge >= 0.3 is 13.3 Å². The van der Waals surface area contributed by atoms with E-state index in [-0.39, 0.29) is 30.0 Å². The third-order valence-corrected chi connectivity index (χ3v) is 8.66. The number of nitrogens with two attached hydrogens (primary N) is 1. The summed E-state index contributed by atoms with van der Waals surface area (Å²) < 4.78 is 24.7. The molecule has 0 amide bonds. The maximum Gasteiger partial charge on any atom is 0.359 e. The highest BCUT2D eigenvalue weighted by atomic mass is 31.2. The van der Waals surface area contributed by atoms with Gasteiger partial charge < -0.3 is 35.2 Å². The van der Waals surface area contributed by atoms with Crippen molar-refractivity contribution in [1.82, 2.24) is 19.5 Å². The van der Waals surface area contributed by atoms with Crippen LogP contribution in [0.15, 0.2) is 9.59 Å². The van der Waals surface area contributed by atoms with Crippen molar-refractivity contribution in [1.29, 1.82) is 0 Å². The van der Waals surface area contributed by atoms with Crippen LogP contribution in [0.1, 0.15) is 46.8 Å². The SMILES string of the molecule is CCC(O)(CC)P(=O)(O)OC(C)C(C)C1O[C@@H](n2c(=O)[nH]c3c(=O)[nH]c(N)nc32)[C@H](O)[C@@H]1O. The van der Waals surface area contributed by atoms with E-state index in [9.17, 15) is 34.4 Å². The average Bonchev–Trinajstić information content (AvgIpc) is 3.22. The number of hydrogen-bond acceptors (Lipinski definition) is 10. The molecule has 15 heteroatoms. The van der Waals surface area contributed by atoms with Gasteiger partial charge in [-0.05, 0) is 19.8 Å². The summed E-state index contributed by atoms with van der Waals surface area (Å²) in [6.45, 7) is 6.14. The minimum Gasteiger partial charge on any atom is -0.388 e. The van der Waals surface area contributed by atoms with Crippen LogP contribution in [0, 0.1) is 5.92 Å². The Morgan fingerprint density at radius 1 is 1.24 bits per heavy atom. The van der Waals surface area contributed by atoms with E-state index in [1.165, 1.54) is 6.92 Å². The van der Waals surface area contributed by atoms with Gasteiger partial charge in [0.2, 0.25) is 5.95 Å². The number of H-pyrrole nitrogens is 2. The van der Waals surface area contributed by atoms with Crippen LogP contribution in [0.3, 0.4) is 0 Å². The number of fused-ring (bicyclic) bond motifs is 1. The number of nitrogen functional groups attached to an aromatic ring is 1. The predicted octanol–water partition coefficient (Wildman–Crippen LogP) is -0.650. The first kappa shape index (κ1) is 25.6. The fraction of sp³-hybridized carbons (Fsp3) is 0.722. The summed E-state index contributed by atoms with van der Waals surface area (Å²) in [7, 11) is -4.48. The van der Waals surface area contributed by atoms with Crippen molar-refractivity contribution in [2.45, 2.75) is 76.5 Å². The third kappa shape index (κ3) is 4.28. The molecule has 33 heavy (non-hydrogen) atoms. The normalized spacial score (nSPS) is 27.5. The molecule has 3 rings (SSSR count). The number of nitrogens with zero attached hydrogens (tertiary/aromatic N) is 2. The monoisotopic (exact) mass is 491 g/mol. The quantitative estimate of drug-likeness (QED) is 0.230. The van der Waals surface area contributed by atoms with Crippen molar-refractivity contribution in [2.24, 2.45) is 5.92 Å². The lowest BCUT2D eigenvalue weighted by Gasteiger charge is -2.34. The predicted molar refractivity (Wildman–Crippen MR) is 116 cm³/mol. The van der Waals surface area contributed by atoms with E-state index in [1.54, 1.807) is 20.8 Å². The van der Waals surface area contributed by atoms with E-state index in [0.717, 1.165) is 4.57 Å². The molecule has 0 saturated carbocycles. The summed E-state index contributed by atoms with van der Waals surface area (Å²) in [5.41, 5.74) is 3.67. The van der Waals surface area contributed by atoms with Crippen LogP contribution in [0.25, 0.3) is 11.2 Å². The van der Waals surface area contributed by atoms with Crippen LogP contribution in [-0.2, 0) is 13.8 Å². The maximum absolute atomic E-state index is 12.7. The first-order chi connectivity index (χ1) is 15.3. The van der Waals surface area contributed by atoms with Gasteiger partial charge in [-0.3, -0.25) is 19.3 Å². The Morgan fingerprint density at radius 3 is 2.42 bits per heavy atom. The molecule has 14 nitrogen and oxygen atoms in total. The molecular formula is C18H30N5O9P. The molecule has 8 N–H and O–H groups in total. The fourth-order valence-electron chi connectivity index (χ4n) is 3.93. The minimum absolute atomic E-state index is 0.0134. The number of aliphatic hydroxyl groups excluding tert-OH is 2. The van der Waals surface area contributed by atoms with Gasteiger partial charge in [-0.15, -0.1) is 0 Å². The van der Waals surface area contributed by atoms with E-state index >= 15 is 0 Å². The summed E-state index contributed by atoms with van der Waals surface area (Å²) in [5, 5.41) is 29.7. The fourth-order valence-corrected chi connectivity index (χ4v) is 5.57. The highest BCUT2D eigenvalue weighted by molar-refractivity contribution is 7.54. The Balaban J connectivity index is 1.89. The van der Waals surface area contributed by atoms with Gasteiger partial charge in [0, 0.05) is 5.92 Å². The lowest BCUT2D eigenvalue weighted by Crippen LogP contribution is -2.40. The molecule has 0 radical (unpaired) electrons. The number of hydrogen-bond donors (Lipinski definition) is 7. The van der Waals surface area contributed by atoms with Crippen molar-refractivity contribution < 1.29 is 34.0 Å².